The number of rotatable bonds is 6. The van der Waals surface area contributed by atoms with Crippen molar-refractivity contribution in [2.24, 2.45) is 0 Å². The Bertz CT molecular complexity index is 1070. The highest BCUT2D eigenvalue weighted by atomic mass is 32.2. The van der Waals surface area contributed by atoms with Crippen molar-refractivity contribution >= 4 is 32.3 Å². The first kappa shape index (κ1) is 17.9. The summed E-state index contributed by atoms with van der Waals surface area (Å²) in [6, 6.07) is 16.9. The van der Waals surface area contributed by atoms with E-state index >= 15 is 0 Å². The van der Waals surface area contributed by atoms with E-state index in [0.717, 1.165) is 5.39 Å². The Kier molecular flexibility index (Phi) is 4.95. The Hall–Kier alpha value is -2.86. The van der Waals surface area contributed by atoms with Crippen LogP contribution < -0.4 is 9.46 Å². The molecular weight excluding hydrogens is 350 g/mol. The molecular formula is C20H19NO4S. The first-order valence-electron chi connectivity index (χ1n) is 8.21. The number of fused-ring (bicyclic) bond motifs is 1. The molecule has 0 aliphatic heterocycles. The Morgan fingerprint density at radius 1 is 0.962 bits per heavy atom. The maximum absolute atomic E-state index is 13.0. The smallest absolute Gasteiger partial charge is 0.262 e. The molecule has 0 unspecified atom stereocenters. The molecule has 0 spiro atoms. The summed E-state index contributed by atoms with van der Waals surface area (Å²) in [5.74, 6) is 0.422. The zero-order valence-electron chi connectivity index (χ0n) is 14.5. The number of benzene rings is 3. The number of para-hydroxylation sites is 1. The highest BCUT2D eigenvalue weighted by molar-refractivity contribution is 7.93. The number of ether oxygens (including phenoxy) is 1. The molecule has 5 nitrogen and oxygen atoms in total. The number of hydrogen-bond donors (Lipinski definition) is 1. The first-order valence-corrected chi connectivity index (χ1v) is 9.69. The van der Waals surface area contributed by atoms with Crippen molar-refractivity contribution in [3.8, 4) is 5.75 Å². The number of sulfonamides is 1. The predicted molar refractivity (Wildman–Crippen MR) is 102 cm³/mol. The Morgan fingerprint density at radius 2 is 1.62 bits per heavy atom. The number of Topliss-reactive ketones (excluding diaryl/α,β-unsaturated/α-hetero) is 1. The molecule has 0 aromatic heterocycles. The molecule has 0 radical (unpaired) electrons. The summed E-state index contributed by atoms with van der Waals surface area (Å²) < 4.78 is 34.1. The van der Waals surface area contributed by atoms with Gasteiger partial charge in [0, 0.05) is 16.3 Å². The fourth-order valence-corrected chi connectivity index (χ4v) is 4.13. The lowest BCUT2D eigenvalue weighted by molar-refractivity contribution is 0.101. The van der Waals surface area contributed by atoms with E-state index in [2.05, 4.69) is 4.72 Å². The summed E-state index contributed by atoms with van der Waals surface area (Å²) >= 11 is 0. The van der Waals surface area contributed by atoms with Gasteiger partial charge in [0.25, 0.3) is 10.0 Å². The van der Waals surface area contributed by atoms with E-state index in [-0.39, 0.29) is 16.4 Å². The molecule has 0 atom stereocenters. The van der Waals surface area contributed by atoms with Gasteiger partial charge in [-0.2, -0.15) is 0 Å². The quantitative estimate of drug-likeness (QED) is 0.660. The highest BCUT2D eigenvalue weighted by Crippen LogP contribution is 2.32. The van der Waals surface area contributed by atoms with E-state index in [0.29, 0.717) is 23.3 Å². The maximum atomic E-state index is 13.0. The molecule has 6 heteroatoms. The van der Waals surface area contributed by atoms with Gasteiger partial charge >= 0.3 is 0 Å². The van der Waals surface area contributed by atoms with Crippen LogP contribution in [0, 0.1) is 0 Å². The van der Waals surface area contributed by atoms with Crippen LogP contribution in [0.1, 0.15) is 24.2 Å². The zero-order chi connectivity index (χ0) is 18.7. The number of nitrogens with one attached hydrogen (secondary N) is 1. The van der Waals surface area contributed by atoms with Gasteiger partial charge in [-0.1, -0.05) is 36.4 Å². The summed E-state index contributed by atoms with van der Waals surface area (Å²) in [5, 5.41) is 1.28. The molecule has 3 rings (SSSR count). The standard InChI is InChI=1S/C20H19NO4S/c1-3-25-19-12-13-20(17-10-5-4-9-16(17)19)26(23,24)21-18-11-7-6-8-15(18)14(2)22/h4-13,21H,3H2,1-2H3. The lowest BCUT2D eigenvalue weighted by atomic mass is 10.1. The van der Waals surface area contributed by atoms with Gasteiger partial charge in [0.1, 0.15) is 5.75 Å². The van der Waals surface area contributed by atoms with Crippen molar-refractivity contribution in [3.05, 3.63) is 66.2 Å². The van der Waals surface area contributed by atoms with Gasteiger partial charge in [-0.05, 0) is 38.1 Å². The summed E-state index contributed by atoms with van der Waals surface area (Å²) in [7, 11) is -3.89. The molecule has 0 saturated heterocycles. The van der Waals surface area contributed by atoms with E-state index < -0.39 is 10.0 Å². The van der Waals surface area contributed by atoms with Crippen LogP contribution in [0.4, 0.5) is 5.69 Å². The van der Waals surface area contributed by atoms with Crippen LogP contribution in [-0.4, -0.2) is 20.8 Å². The Balaban J connectivity index is 2.12. The highest BCUT2D eigenvalue weighted by Gasteiger charge is 2.21. The predicted octanol–water partition coefficient (Wildman–Crippen LogP) is 4.24. The normalized spacial score (nSPS) is 11.3. The molecule has 3 aromatic rings. The summed E-state index contributed by atoms with van der Waals surface area (Å²) in [4.78, 5) is 11.9. The fraction of sp³-hybridized carbons (Fsp3) is 0.150. The Labute approximate surface area is 152 Å². The molecule has 134 valence electrons. The second-order valence-electron chi connectivity index (χ2n) is 5.75. The summed E-state index contributed by atoms with van der Waals surface area (Å²) in [6.45, 7) is 3.76. The summed E-state index contributed by atoms with van der Waals surface area (Å²) in [6.07, 6.45) is 0. The van der Waals surface area contributed by atoms with Gasteiger partial charge in [-0.3, -0.25) is 9.52 Å². The number of carbonyl (C=O) groups excluding carboxylic acids is 1. The molecule has 0 aliphatic rings. The van der Waals surface area contributed by atoms with E-state index in [9.17, 15) is 13.2 Å². The van der Waals surface area contributed by atoms with Gasteiger partial charge in [0.15, 0.2) is 5.78 Å². The third-order valence-electron chi connectivity index (χ3n) is 3.98. The minimum atomic E-state index is -3.89. The topological polar surface area (TPSA) is 72.5 Å². The third kappa shape index (κ3) is 3.41. The molecule has 26 heavy (non-hydrogen) atoms. The Morgan fingerprint density at radius 3 is 2.31 bits per heavy atom. The molecule has 0 aliphatic carbocycles. The van der Waals surface area contributed by atoms with Crippen molar-refractivity contribution in [1.82, 2.24) is 0 Å². The number of ketones is 1. The molecule has 0 saturated carbocycles. The van der Waals surface area contributed by atoms with Crippen LogP contribution in [0.25, 0.3) is 10.8 Å². The van der Waals surface area contributed by atoms with Crippen molar-refractivity contribution in [2.75, 3.05) is 11.3 Å². The maximum Gasteiger partial charge on any atom is 0.262 e. The average Bonchev–Trinajstić information content (AvgIpc) is 2.62. The molecule has 0 bridgehead atoms. The van der Waals surface area contributed by atoms with Gasteiger partial charge in [-0.15, -0.1) is 0 Å². The lowest BCUT2D eigenvalue weighted by Crippen LogP contribution is -2.15. The fourth-order valence-electron chi connectivity index (χ4n) is 2.84. The molecule has 0 fully saturated rings. The molecule has 1 N–H and O–H groups in total. The monoisotopic (exact) mass is 369 g/mol. The second-order valence-corrected chi connectivity index (χ2v) is 7.40. The number of anilines is 1. The van der Waals surface area contributed by atoms with Gasteiger partial charge in [0.05, 0.1) is 17.2 Å². The van der Waals surface area contributed by atoms with E-state index in [4.69, 9.17) is 4.74 Å². The van der Waals surface area contributed by atoms with Crippen molar-refractivity contribution in [1.29, 1.82) is 0 Å². The zero-order valence-corrected chi connectivity index (χ0v) is 15.3. The van der Waals surface area contributed by atoms with Crippen LogP contribution in [-0.2, 0) is 10.0 Å². The van der Waals surface area contributed by atoms with Gasteiger partial charge < -0.3 is 4.74 Å². The van der Waals surface area contributed by atoms with Crippen molar-refractivity contribution in [3.63, 3.8) is 0 Å². The SMILES string of the molecule is CCOc1ccc(S(=O)(=O)Nc2ccccc2C(C)=O)c2ccccc12. The number of carbonyl (C=O) groups is 1. The molecule has 0 heterocycles. The number of hydrogen-bond acceptors (Lipinski definition) is 4. The lowest BCUT2D eigenvalue weighted by Gasteiger charge is -2.14. The van der Waals surface area contributed by atoms with Crippen LogP contribution in [0.3, 0.4) is 0 Å². The average molecular weight is 369 g/mol. The van der Waals surface area contributed by atoms with Crippen LogP contribution >= 0.6 is 0 Å². The van der Waals surface area contributed by atoms with E-state index in [1.807, 2.05) is 19.1 Å². The van der Waals surface area contributed by atoms with Gasteiger partial charge in [-0.25, -0.2) is 8.42 Å². The van der Waals surface area contributed by atoms with Crippen molar-refractivity contribution in [2.45, 2.75) is 18.7 Å². The second kappa shape index (κ2) is 7.17. The van der Waals surface area contributed by atoms with Gasteiger partial charge in [0.2, 0.25) is 0 Å². The third-order valence-corrected chi connectivity index (χ3v) is 5.41. The molecule has 3 aromatic carbocycles. The molecule has 0 amide bonds. The van der Waals surface area contributed by atoms with Crippen LogP contribution in [0.15, 0.2) is 65.6 Å². The minimum absolute atomic E-state index is 0.134. The van der Waals surface area contributed by atoms with E-state index in [1.54, 1.807) is 42.5 Å². The summed E-state index contributed by atoms with van der Waals surface area (Å²) in [5.41, 5.74) is 0.587. The first-order chi connectivity index (χ1) is 12.4. The van der Waals surface area contributed by atoms with Crippen molar-refractivity contribution < 1.29 is 17.9 Å². The van der Waals surface area contributed by atoms with Crippen LogP contribution in [0.5, 0.6) is 5.75 Å². The van der Waals surface area contributed by atoms with Crippen LogP contribution in [0.2, 0.25) is 0 Å². The minimum Gasteiger partial charge on any atom is -0.493 e. The van der Waals surface area contributed by atoms with E-state index in [1.165, 1.54) is 13.0 Å². The largest absolute Gasteiger partial charge is 0.493 e.